The maximum absolute atomic E-state index is 5.14. The molecule has 1 aliphatic rings. The smallest absolute Gasteiger partial charge is 0.160 e. The molecule has 8 aromatic rings. The van der Waals surface area contributed by atoms with E-state index in [1.54, 1.807) is 6.20 Å². The summed E-state index contributed by atoms with van der Waals surface area (Å²) in [6, 6.07) is 54.0. The summed E-state index contributed by atoms with van der Waals surface area (Å²) < 4.78 is 0. The van der Waals surface area contributed by atoms with Crippen LogP contribution in [0, 0.1) is 0 Å². The molecule has 0 unspecified atom stereocenters. The van der Waals surface area contributed by atoms with Crippen molar-refractivity contribution in [2.45, 2.75) is 19.3 Å². The first-order valence-corrected chi connectivity index (χ1v) is 16.8. The Balaban J connectivity index is 1.12. The molecule has 0 fully saturated rings. The molecule has 0 amide bonds. The summed E-state index contributed by atoms with van der Waals surface area (Å²) in [7, 11) is 0. The molecule has 0 atom stereocenters. The molecule has 0 bridgehead atoms. The van der Waals surface area contributed by atoms with Crippen molar-refractivity contribution in [2.75, 3.05) is 0 Å². The van der Waals surface area contributed by atoms with Gasteiger partial charge in [0.15, 0.2) is 5.82 Å². The summed E-state index contributed by atoms with van der Waals surface area (Å²) in [6.07, 6.45) is 3.65. The minimum absolute atomic E-state index is 0.116. The van der Waals surface area contributed by atoms with E-state index in [1.165, 1.54) is 44.2 Å². The quantitative estimate of drug-likeness (QED) is 0.191. The SMILES string of the molecule is CC1(C)c2cc(-c3cccc(-c4cc(-c5cccnc5)nc(-c5ccc(-c6ccccc6)cc5)n4)c3)ccc2-c2ccc3ccccc3c21. The van der Waals surface area contributed by atoms with E-state index in [9.17, 15) is 0 Å². The Hall–Kier alpha value is -6.19. The summed E-state index contributed by atoms with van der Waals surface area (Å²) in [5.41, 5.74) is 14.7. The van der Waals surface area contributed by atoms with Crippen LogP contribution in [0.3, 0.4) is 0 Å². The van der Waals surface area contributed by atoms with Crippen molar-refractivity contribution in [1.82, 2.24) is 15.0 Å². The third kappa shape index (κ3) is 5.03. The average molecular weight is 628 g/mol. The second-order valence-corrected chi connectivity index (χ2v) is 13.3. The van der Waals surface area contributed by atoms with Crippen LogP contribution in [-0.4, -0.2) is 15.0 Å². The van der Waals surface area contributed by atoms with E-state index in [1.807, 2.05) is 24.4 Å². The van der Waals surface area contributed by atoms with Crippen molar-refractivity contribution in [1.29, 1.82) is 0 Å². The van der Waals surface area contributed by atoms with Crippen LogP contribution in [0.25, 0.3) is 78.1 Å². The molecular formula is C46H33N3. The van der Waals surface area contributed by atoms with Gasteiger partial charge in [-0.3, -0.25) is 4.98 Å². The molecule has 0 saturated heterocycles. The molecular weight excluding hydrogens is 595 g/mol. The van der Waals surface area contributed by atoms with Gasteiger partial charge in [-0.05, 0) is 85.6 Å². The normalized spacial score (nSPS) is 12.9. The summed E-state index contributed by atoms with van der Waals surface area (Å²) in [4.78, 5) is 14.5. The molecule has 0 spiro atoms. The maximum Gasteiger partial charge on any atom is 0.160 e. The molecule has 1 aliphatic carbocycles. The zero-order chi connectivity index (χ0) is 33.0. The van der Waals surface area contributed by atoms with Crippen LogP contribution in [0.2, 0.25) is 0 Å². The van der Waals surface area contributed by atoms with E-state index in [0.717, 1.165) is 39.2 Å². The molecule has 49 heavy (non-hydrogen) atoms. The van der Waals surface area contributed by atoms with Gasteiger partial charge < -0.3 is 0 Å². The fourth-order valence-electron chi connectivity index (χ4n) is 7.47. The number of rotatable bonds is 5. The van der Waals surface area contributed by atoms with Crippen LogP contribution in [0.15, 0.2) is 164 Å². The standard InChI is InChI=1S/C46H33N3/c1-46(2)41-27-35(22-23-39(41)40-24-21-32-12-6-7-16-38(32)44(40)46)34-13-8-14-36(26-34)42-28-43(37-15-9-25-47-29-37)49-45(48-42)33-19-17-31(18-20-33)30-10-4-3-5-11-30/h3-29H,1-2H3. The molecule has 232 valence electrons. The highest BCUT2D eigenvalue weighted by atomic mass is 14.9. The van der Waals surface area contributed by atoms with E-state index in [0.29, 0.717) is 5.82 Å². The van der Waals surface area contributed by atoms with E-state index < -0.39 is 0 Å². The second-order valence-electron chi connectivity index (χ2n) is 13.3. The number of hydrogen-bond donors (Lipinski definition) is 0. The van der Waals surface area contributed by atoms with E-state index in [4.69, 9.17) is 9.97 Å². The van der Waals surface area contributed by atoms with Gasteiger partial charge in [0.2, 0.25) is 0 Å². The average Bonchev–Trinajstić information content (AvgIpc) is 3.41. The molecule has 2 aromatic heterocycles. The molecule has 3 heteroatoms. The Morgan fingerprint density at radius 2 is 1.08 bits per heavy atom. The Kier molecular flexibility index (Phi) is 6.80. The van der Waals surface area contributed by atoms with Gasteiger partial charge in [0.05, 0.1) is 11.4 Å². The summed E-state index contributed by atoms with van der Waals surface area (Å²) in [5, 5.41) is 2.63. The number of fused-ring (bicyclic) bond motifs is 5. The molecule has 0 aliphatic heterocycles. The lowest BCUT2D eigenvalue weighted by molar-refractivity contribution is 0.666. The molecule has 0 saturated carbocycles. The minimum atomic E-state index is -0.116. The maximum atomic E-state index is 5.14. The topological polar surface area (TPSA) is 38.7 Å². The first kappa shape index (κ1) is 29.0. The summed E-state index contributed by atoms with van der Waals surface area (Å²) in [5.74, 6) is 0.686. The first-order valence-electron chi connectivity index (χ1n) is 16.8. The third-order valence-corrected chi connectivity index (χ3v) is 9.96. The number of hydrogen-bond acceptors (Lipinski definition) is 3. The first-order chi connectivity index (χ1) is 24.0. The highest BCUT2D eigenvalue weighted by Crippen LogP contribution is 2.52. The van der Waals surface area contributed by atoms with Crippen molar-refractivity contribution < 1.29 is 0 Å². The largest absolute Gasteiger partial charge is 0.264 e. The third-order valence-electron chi connectivity index (χ3n) is 9.96. The van der Waals surface area contributed by atoms with Crippen molar-refractivity contribution in [2.24, 2.45) is 0 Å². The highest BCUT2D eigenvalue weighted by Gasteiger charge is 2.37. The Morgan fingerprint density at radius 3 is 1.90 bits per heavy atom. The van der Waals surface area contributed by atoms with Gasteiger partial charge in [0.25, 0.3) is 0 Å². The van der Waals surface area contributed by atoms with E-state index >= 15 is 0 Å². The van der Waals surface area contributed by atoms with Crippen LogP contribution in [0.5, 0.6) is 0 Å². The van der Waals surface area contributed by atoms with Crippen LogP contribution >= 0.6 is 0 Å². The lowest BCUT2D eigenvalue weighted by Gasteiger charge is -2.23. The Bertz CT molecular complexity index is 2500. The van der Waals surface area contributed by atoms with Gasteiger partial charge in [0, 0.05) is 34.5 Å². The van der Waals surface area contributed by atoms with Crippen molar-refractivity contribution >= 4 is 10.8 Å². The fourth-order valence-corrected chi connectivity index (χ4v) is 7.47. The summed E-state index contributed by atoms with van der Waals surface area (Å²) >= 11 is 0. The number of nitrogens with zero attached hydrogens (tertiary/aromatic N) is 3. The van der Waals surface area contributed by atoms with E-state index in [-0.39, 0.29) is 5.41 Å². The number of pyridine rings is 1. The lowest BCUT2D eigenvalue weighted by Crippen LogP contribution is -2.15. The number of benzene rings is 6. The van der Waals surface area contributed by atoms with Gasteiger partial charge in [-0.1, -0.05) is 135 Å². The number of aromatic nitrogens is 3. The molecule has 6 aromatic carbocycles. The van der Waals surface area contributed by atoms with Gasteiger partial charge in [-0.2, -0.15) is 0 Å². The predicted molar refractivity (Wildman–Crippen MR) is 202 cm³/mol. The Labute approximate surface area is 286 Å². The molecule has 9 rings (SSSR count). The van der Waals surface area contributed by atoms with Gasteiger partial charge in [-0.15, -0.1) is 0 Å². The van der Waals surface area contributed by atoms with Gasteiger partial charge in [0.1, 0.15) is 0 Å². The lowest BCUT2D eigenvalue weighted by atomic mass is 9.79. The zero-order valence-corrected chi connectivity index (χ0v) is 27.4. The van der Waals surface area contributed by atoms with Crippen LogP contribution < -0.4 is 0 Å². The zero-order valence-electron chi connectivity index (χ0n) is 27.4. The van der Waals surface area contributed by atoms with Gasteiger partial charge >= 0.3 is 0 Å². The molecule has 3 nitrogen and oxygen atoms in total. The van der Waals surface area contributed by atoms with Crippen LogP contribution in [0.1, 0.15) is 25.0 Å². The predicted octanol–water partition coefficient (Wildman–Crippen LogP) is 11.7. The van der Waals surface area contributed by atoms with E-state index in [2.05, 4.69) is 152 Å². The van der Waals surface area contributed by atoms with Crippen LogP contribution in [0.4, 0.5) is 0 Å². The van der Waals surface area contributed by atoms with Crippen molar-refractivity contribution in [3.05, 3.63) is 175 Å². The highest BCUT2D eigenvalue weighted by molar-refractivity contribution is 5.98. The van der Waals surface area contributed by atoms with Crippen LogP contribution in [-0.2, 0) is 5.41 Å². The minimum Gasteiger partial charge on any atom is -0.264 e. The van der Waals surface area contributed by atoms with Gasteiger partial charge in [-0.25, -0.2) is 9.97 Å². The Morgan fingerprint density at radius 1 is 0.449 bits per heavy atom. The van der Waals surface area contributed by atoms with Crippen molar-refractivity contribution in [3.8, 4) is 67.3 Å². The molecule has 2 heterocycles. The fraction of sp³-hybridized carbons (Fsp3) is 0.0652. The molecule has 0 radical (unpaired) electrons. The summed E-state index contributed by atoms with van der Waals surface area (Å²) in [6.45, 7) is 4.72. The second kappa shape index (κ2) is 11.5. The monoisotopic (exact) mass is 627 g/mol. The molecule has 0 N–H and O–H groups in total. The van der Waals surface area contributed by atoms with Crippen molar-refractivity contribution in [3.63, 3.8) is 0 Å².